The molecule has 2 unspecified atom stereocenters. The van der Waals surface area contributed by atoms with Gasteiger partial charge in [0.25, 0.3) is 0 Å². The summed E-state index contributed by atoms with van der Waals surface area (Å²) < 4.78 is 0. The van der Waals surface area contributed by atoms with Gasteiger partial charge in [0.1, 0.15) is 6.10 Å². The van der Waals surface area contributed by atoms with E-state index in [0.717, 1.165) is 25.1 Å². The van der Waals surface area contributed by atoms with Gasteiger partial charge in [-0.1, -0.05) is 18.2 Å². The van der Waals surface area contributed by atoms with Crippen molar-refractivity contribution in [2.24, 2.45) is 0 Å². The van der Waals surface area contributed by atoms with E-state index in [9.17, 15) is 15.0 Å². The van der Waals surface area contributed by atoms with Crippen LogP contribution in [-0.2, 0) is 17.8 Å². The maximum Gasteiger partial charge on any atom is 0.216 e. The molecule has 1 aliphatic rings. The highest BCUT2D eigenvalue weighted by Crippen LogP contribution is 2.23. The molecule has 2 rings (SSSR count). The molecule has 0 fully saturated rings. The van der Waals surface area contributed by atoms with E-state index in [1.807, 2.05) is 18.2 Å². The van der Waals surface area contributed by atoms with Crippen molar-refractivity contribution in [3.63, 3.8) is 0 Å². The van der Waals surface area contributed by atoms with E-state index in [1.54, 1.807) is 0 Å². The van der Waals surface area contributed by atoms with E-state index in [4.69, 9.17) is 0 Å². The van der Waals surface area contributed by atoms with Crippen LogP contribution in [0.1, 0.15) is 36.1 Å². The molecule has 0 saturated heterocycles. The highest BCUT2D eigenvalue weighted by atomic mass is 16.3. The fourth-order valence-corrected chi connectivity index (χ4v) is 2.46. The van der Waals surface area contributed by atoms with Gasteiger partial charge in [-0.25, -0.2) is 0 Å². The molecule has 1 aromatic carbocycles. The second-order valence-electron chi connectivity index (χ2n) is 5.24. The predicted molar refractivity (Wildman–Crippen MR) is 76.1 cm³/mol. The van der Waals surface area contributed by atoms with E-state index in [2.05, 4.69) is 10.6 Å². The van der Waals surface area contributed by atoms with Crippen molar-refractivity contribution in [2.45, 2.75) is 38.5 Å². The summed E-state index contributed by atoms with van der Waals surface area (Å²) >= 11 is 0. The lowest BCUT2D eigenvalue weighted by Crippen LogP contribution is -2.28. The second kappa shape index (κ2) is 6.83. The Bertz CT molecular complexity index is 476. The number of nitrogens with one attached hydrogen (secondary N) is 2. The van der Waals surface area contributed by atoms with Crippen LogP contribution in [0.2, 0.25) is 0 Å². The Labute approximate surface area is 119 Å². The van der Waals surface area contributed by atoms with Crippen LogP contribution in [0.3, 0.4) is 0 Å². The van der Waals surface area contributed by atoms with Crippen LogP contribution in [-0.4, -0.2) is 35.3 Å². The monoisotopic (exact) mass is 278 g/mol. The summed E-state index contributed by atoms with van der Waals surface area (Å²) in [5.41, 5.74) is 3.22. The molecule has 0 radical (unpaired) electrons. The van der Waals surface area contributed by atoms with Crippen LogP contribution < -0.4 is 10.6 Å². The number of aliphatic hydroxyl groups excluding tert-OH is 2. The minimum Gasteiger partial charge on any atom is -0.390 e. The quantitative estimate of drug-likeness (QED) is 0.622. The van der Waals surface area contributed by atoms with Crippen molar-refractivity contribution in [3.05, 3.63) is 34.9 Å². The number of fused-ring (bicyclic) bond motifs is 1. The molecule has 1 amide bonds. The van der Waals surface area contributed by atoms with Gasteiger partial charge in [-0.15, -0.1) is 0 Å². The van der Waals surface area contributed by atoms with Crippen LogP contribution >= 0.6 is 0 Å². The zero-order valence-corrected chi connectivity index (χ0v) is 11.7. The first-order chi connectivity index (χ1) is 9.58. The Morgan fingerprint density at radius 2 is 2.20 bits per heavy atom. The van der Waals surface area contributed by atoms with Gasteiger partial charge in [0.15, 0.2) is 0 Å². The molecule has 2 atom stereocenters. The number of amides is 1. The summed E-state index contributed by atoms with van der Waals surface area (Å²) in [7, 11) is 0. The largest absolute Gasteiger partial charge is 0.390 e. The van der Waals surface area contributed by atoms with Crippen molar-refractivity contribution in [1.29, 1.82) is 0 Å². The molecule has 0 aliphatic carbocycles. The molecule has 5 nitrogen and oxygen atoms in total. The van der Waals surface area contributed by atoms with Crippen LogP contribution in [0.15, 0.2) is 18.2 Å². The summed E-state index contributed by atoms with van der Waals surface area (Å²) in [5, 5.41) is 26.1. The standard InChI is InChI=1S/C15H22N2O3/c1-10(18)17-7-5-14(19)15(20)12-2-3-13-9-16-6-4-11(13)8-12/h2-3,8,14-16,19-20H,4-7,9H2,1H3,(H,17,18). The van der Waals surface area contributed by atoms with E-state index < -0.39 is 12.2 Å². The SMILES string of the molecule is CC(=O)NCCC(O)C(O)c1ccc2c(c1)CCNC2. The Morgan fingerprint density at radius 3 is 2.95 bits per heavy atom. The number of carbonyl (C=O) groups excluding carboxylic acids is 1. The normalized spacial score (nSPS) is 17.1. The topological polar surface area (TPSA) is 81.6 Å². The molecule has 1 aromatic rings. The Morgan fingerprint density at radius 1 is 1.40 bits per heavy atom. The van der Waals surface area contributed by atoms with Crippen LogP contribution in [0, 0.1) is 0 Å². The lowest BCUT2D eigenvalue weighted by atomic mass is 9.94. The van der Waals surface area contributed by atoms with Crippen molar-refractivity contribution in [2.75, 3.05) is 13.1 Å². The third-order valence-corrected chi connectivity index (χ3v) is 3.64. The molecule has 5 heteroatoms. The van der Waals surface area contributed by atoms with Gasteiger partial charge in [0.05, 0.1) is 6.10 Å². The fourth-order valence-electron chi connectivity index (χ4n) is 2.46. The van der Waals surface area contributed by atoms with E-state index in [0.29, 0.717) is 13.0 Å². The van der Waals surface area contributed by atoms with Crippen molar-refractivity contribution < 1.29 is 15.0 Å². The van der Waals surface area contributed by atoms with Crippen LogP contribution in [0.4, 0.5) is 0 Å². The first-order valence-corrected chi connectivity index (χ1v) is 7.01. The number of benzene rings is 1. The molecular formula is C15H22N2O3. The molecule has 20 heavy (non-hydrogen) atoms. The molecule has 0 bridgehead atoms. The number of hydrogen-bond acceptors (Lipinski definition) is 4. The van der Waals surface area contributed by atoms with Crippen molar-refractivity contribution in [3.8, 4) is 0 Å². The van der Waals surface area contributed by atoms with Crippen LogP contribution in [0.5, 0.6) is 0 Å². The molecule has 0 saturated carbocycles. The first-order valence-electron chi connectivity index (χ1n) is 7.01. The number of carbonyl (C=O) groups is 1. The van der Waals surface area contributed by atoms with Gasteiger partial charge < -0.3 is 20.8 Å². The number of aliphatic hydroxyl groups is 2. The summed E-state index contributed by atoms with van der Waals surface area (Å²) in [6, 6.07) is 5.83. The summed E-state index contributed by atoms with van der Waals surface area (Å²) in [4.78, 5) is 10.8. The number of rotatable bonds is 5. The van der Waals surface area contributed by atoms with E-state index in [1.165, 1.54) is 18.1 Å². The third kappa shape index (κ3) is 3.79. The smallest absolute Gasteiger partial charge is 0.216 e. The minimum absolute atomic E-state index is 0.132. The van der Waals surface area contributed by atoms with Crippen molar-refractivity contribution in [1.82, 2.24) is 10.6 Å². The maximum absolute atomic E-state index is 10.8. The second-order valence-corrected chi connectivity index (χ2v) is 5.24. The summed E-state index contributed by atoms with van der Waals surface area (Å²) in [6.45, 7) is 3.59. The predicted octanol–water partition coefficient (Wildman–Crippen LogP) is 0.253. The first kappa shape index (κ1) is 15.0. The maximum atomic E-state index is 10.8. The molecule has 1 heterocycles. The van der Waals surface area contributed by atoms with E-state index in [-0.39, 0.29) is 5.91 Å². The van der Waals surface area contributed by atoms with Crippen LogP contribution in [0.25, 0.3) is 0 Å². The Balaban J connectivity index is 1.97. The third-order valence-electron chi connectivity index (χ3n) is 3.64. The summed E-state index contributed by atoms with van der Waals surface area (Å²) in [5.74, 6) is -0.132. The molecule has 0 aromatic heterocycles. The fraction of sp³-hybridized carbons (Fsp3) is 0.533. The molecule has 110 valence electrons. The Kier molecular flexibility index (Phi) is 5.11. The molecule has 1 aliphatic heterocycles. The minimum atomic E-state index is -0.913. The Hall–Kier alpha value is -1.43. The lowest BCUT2D eigenvalue weighted by Gasteiger charge is -2.22. The highest BCUT2D eigenvalue weighted by molar-refractivity contribution is 5.72. The molecular weight excluding hydrogens is 256 g/mol. The van der Waals surface area contributed by atoms with Gasteiger partial charge >= 0.3 is 0 Å². The molecule has 0 spiro atoms. The van der Waals surface area contributed by atoms with Crippen molar-refractivity contribution >= 4 is 5.91 Å². The van der Waals surface area contributed by atoms with Gasteiger partial charge in [-0.05, 0) is 36.1 Å². The van der Waals surface area contributed by atoms with E-state index >= 15 is 0 Å². The summed E-state index contributed by atoms with van der Waals surface area (Å²) in [6.07, 6.45) is -0.511. The highest BCUT2D eigenvalue weighted by Gasteiger charge is 2.20. The van der Waals surface area contributed by atoms with Gasteiger partial charge in [0.2, 0.25) is 5.91 Å². The number of hydrogen-bond donors (Lipinski definition) is 4. The zero-order chi connectivity index (χ0) is 14.5. The lowest BCUT2D eigenvalue weighted by molar-refractivity contribution is -0.119. The van der Waals surface area contributed by atoms with Gasteiger partial charge in [-0.2, -0.15) is 0 Å². The van der Waals surface area contributed by atoms with Gasteiger partial charge in [0, 0.05) is 20.0 Å². The molecule has 4 N–H and O–H groups in total. The van der Waals surface area contributed by atoms with Gasteiger partial charge in [-0.3, -0.25) is 4.79 Å². The average Bonchev–Trinajstić information content (AvgIpc) is 2.45. The zero-order valence-electron chi connectivity index (χ0n) is 11.7. The average molecular weight is 278 g/mol.